The molecule has 0 saturated heterocycles. The summed E-state index contributed by atoms with van der Waals surface area (Å²) in [5, 5.41) is 12.1. The van der Waals surface area contributed by atoms with Gasteiger partial charge in [-0.25, -0.2) is 0 Å². The molecule has 1 aromatic rings. The van der Waals surface area contributed by atoms with Crippen molar-refractivity contribution >= 4 is 0 Å². The maximum Gasteiger partial charge on any atom is 0.390 e. The minimum atomic E-state index is -4.20. The molecule has 0 saturated carbocycles. The van der Waals surface area contributed by atoms with Gasteiger partial charge in [0.2, 0.25) is 0 Å². The largest absolute Gasteiger partial charge is 0.467 e. The molecular formula is C12H18F3NO3. The molecule has 0 fully saturated rings. The van der Waals surface area contributed by atoms with Crippen LogP contribution in [0.15, 0.2) is 22.8 Å². The monoisotopic (exact) mass is 281 g/mol. The Labute approximate surface area is 109 Å². The molecule has 2 N–H and O–H groups in total. The lowest BCUT2D eigenvalue weighted by atomic mass is 10.2. The molecule has 0 aromatic carbocycles. The molecule has 0 aliphatic rings. The van der Waals surface area contributed by atoms with Crippen LogP contribution in [0.1, 0.15) is 19.1 Å². The molecule has 1 aromatic heterocycles. The first-order chi connectivity index (χ1) is 8.87. The minimum Gasteiger partial charge on any atom is -0.467 e. The van der Waals surface area contributed by atoms with Crippen LogP contribution in [-0.2, 0) is 11.3 Å². The highest BCUT2D eigenvalue weighted by Crippen LogP contribution is 2.21. The number of aliphatic hydroxyl groups excluding tert-OH is 1. The summed E-state index contributed by atoms with van der Waals surface area (Å²) in [6, 6.07) is 2.71. The van der Waals surface area contributed by atoms with E-state index in [9.17, 15) is 18.3 Å². The number of ether oxygens (including phenoxy) is 1. The third-order valence-corrected chi connectivity index (χ3v) is 2.37. The molecule has 19 heavy (non-hydrogen) atoms. The quantitative estimate of drug-likeness (QED) is 0.766. The maximum absolute atomic E-state index is 12.1. The highest BCUT2D eigenvalue weighted by atomic mass is 19.4. The van der Waals surface area contributed by atoms with Crippen molar-refractivity contribution in [3.8, 4) is 0 Å². The molecule has 0 aliphatic carbocycles. The first-order valence-corrected chi connectivity index (χ1v) is 5.95. The Balaban J connectivity index is 2.09. The van der Waals surface area contributed by atoms with Crippen molar-refractivity contribution in [2.75, 3.05) is 13.2 Å². The van der Waals surface area contributed by atoms with E-state index in [-0.39, 0.29) is 19.8 Å². The van der Waals surface area contributed by atoms with Gasteiger partial charge >= 0.3 is 6.18 Å². The van der Waals surface area contributed by atoms with Crippen LogP contribution < -0.4 is 5.32 Å². The fourth-order valence-corrected chi connectivity index (χ4v) is 1.51. The van der Waals surface area contributed by atoms with Crippen molar-refractivity contribution < 1.29 is 27.4 Å². The standard InChI is InChI=1S/C12H18F3NO3/c1-9(5-12(13,14)15)16-6-10(17)7-18-8-11-3-2-4-19-11/h2-4,9-10,16-17H,5-8H2,1H3. The third kappa shape index (κ3) is 7.86. The molecule has 7 heteroatoms. The van der Waals surface area contributed by atoms with Crippen LogP contribution in [0.2, 0.25) is 0 Å². The first-order valence-electron chi connectivity index (χ1n) is 5.95. The number of aliphatic hydroxyl groups is 1. The van der Waals surface area contributed by atoms with Crippen molar-refractivity contribution in [2.24, 2.45) is 0 Å². The Bertz CT molecular complexity index is 340. The molecule has 0 bridgehead atoms. The average molecular weight is 281 g/mol. The minimum absolute atomic E-state index is 0.0342. The smallest absolute Gasteiger partial charge is 0.390 e. The molecule has 0 amide bonds. The van der Waals surface area contributed by atoms with Crippen molar-refractivity contribution in [1.82, 2.24) is 5.32 Å². The van der Waals surface area contributed by atoms with Crippen molar-refractivity contribution in [3.05, 3.63) is 24.2 Å². The Kier molecular flexibility index (Phi) is 6.33. The van der Waals surface area contributed by atoms with Crippen LogP contribution in [0.4, 0.5) is 13.2 Å². The molecule has 0 aliphatic heterocycles. The molecule has 0 spiro atoms. The van der Waals surface area contributed by atoms with Crippen LogP contribution in [0, 0.1) is 0 Å². The molecule has 110 valence electrons. The highest BCUT2D eigenvalue weighted by Gasteiger charge is 2.29. The predicted octanol–water partition coefficient (Wildman–Crippen LogP) is 2.09. The van der Waals surface area contributed by atoms with E-state index < -0.39 is 24.7 Å². The molecule has 0 radical (unpaired) electrons. The van der Waals surface area contributed by atoms with Crippen LogP contribution >= 0.6 is 0 Å². The van der Waals surface area contributed by atoms with Crippen molar-refractivity contribution in [1.29, 1.82) is 0 Å². The number of hydrogen-bond acceptors (Lipinski definition) is 4. The summed E-state index contributed by atoms with van der Waals surface area (Å²) in [6.45, 7) is 1.73. The van der Waals surface area contributed by atoms with Gasteiger partial charge in [0, 0.05) is 12.6 Å². The molecular weight excluding hydrogens is 263 g/mol. The van der Waals surface area contributed by atoms with E-state index in [0.29, 0.717) is 5.76 Å². The zero-order valence-electron chi connectivity index (χ0n) is 10.6. The predicted molar refractivity (Wildman–Crippen MR) is 62.5 cm³/mol. The molecule has 1 heterocycles. The zero-order valence-corrected chi connectivity index (χ0v) is 10.6. The van der Waals surface area contributed by atoms with Gasteiger partial charge in [0.15, 0.2) is 0 Å². The summed E-state index contributed by atoms with van der Waals surface area (Å²) in [6.07, 6.45) is -4.47. The van der Waals surface area contributed by atoms with E-state index in [1.165, 1.54) is 13.2 Å². The Morgan fingerprint density at radius 3 is 2.79 bits per heavy atom. The maximum atomic E-state index is 12.1. The average Bonchev–Trinajstić information content (AvgIpc) is 2.77. The van der Waals surface area contributed by atoms with E-state index in [1.807, 2.05) is 0 Å². The van der Waals surface area contributed by atoms with Gasteiger partial charge in [-0.1, -0.05) is 0 Å². The molecule has 4 nitrogen and oxygen atoms in total. The second kappa shape index (κ2) is 7.52. The van der Waals surface area contributed by atoms with Gasteiger partial charge in [-0.3, -0.25) is 0 Å². The van der Waals surface area contributed by atoms with Crippen molar-refractivity contribution in [3.63, 3.8) is 0 Å². The fraction of sp³-hybridized carbons (Fsp3) is 0.667. The third-order valence-electron chi connectivity index (χ3n) is 2.37. The lowest BCUT2D eigenvalue weighted by molar-refractivity contribution is -0.139. The normalized spacial score (nSPS) is 15.4. The van der Waals surface area contributed by atoms with Gasteiger partial charge < -0.3 is 19.6 Å². The van der Waals surface area contributed by atoms with E-state index in [2.05, 4.69) is 5.32 Å². The van der Waals surface area contributed by atoms with Gasteiger partial charge in [0.1, 0.15) is 12.4 Å². The number of furan rings is 1. The second-order valence-corrected chi connectivity index (χ2v) is 4.38. The lowest BCUT2D eigenvalue weighted by Crippen LogP contribution is -2.38. The fourth-order valence-electron chi connectivity index (χ4n) is 1.51. The van der Waals surface area contributed by atoms with E-state index in [4.69, 9.17) is 9.15 Å². The number of rotatable bonds is 8. The number of nitrogens with one attached hydrogen (secondary N) is 1. The van der Waals surface area contributed by atoms with Gasteiger partial charge in [-0.15, -0.1) is 0 Å². The van der Waals surface area contributed by atoms with Crippen LogP contribution in [0.5, 0.6) is 0 Å². The highest BCUT2D eigenvalue weighted by molar-refractivity contribution is 4.96. The number of halogens is 3. The summed E-state index contributed by atoms with van der Waals surface area (Å²) in [4.78, 5) is 0. The molecule has 1 rings (SSSR count). The summed E-state index contributed by atoms with van der Waals surface area (Å²) >= 11 is 0. The van der Waals surface area contributed by atoms with Gasteiger partial charge in [-0.2, -0.15) is 13.2 Å². The van der Waals surface area contributed by atoms with Crippen LogP contribution in [-0.4, -0.2) is 36.6 Å². The van der Waals surface area contributed by atoms with E-state index in [0.717, 1.165) is 0 Å². The van der Waals surface area contributed by atoms with Crippen LogP contribution in [0.3, 0.4) is 0 Å². The van der Waals surface area contributed by atoms with Gasteiger partial charge in [-0.05, 0) is 19.1 Å². The Morgan fingerprint density at radius 1 is 1.47 bits per heavy atom. The first kappa shape index (κ1) is 16.0. The molecule has 2 atom stereocenters. The summed E-state index contributed by atoms with van der Waals surface area (Å²) in [5.41, 5.74) is 0. The van der Waals surface area contributed by atoms with Crippen LogP contribution in [0.25, 0.3) is 0 Å². The number of hydrogen-bond donors (Lipinski definition) is 2. The van der Waals surface area contributed by atoms with Gasteiger partial charge in [0.05, 0.1) is 25.4 Å². The van der Waals surface area contributed by atoms with Crippen molar-refractivity contribution in [2.45, 2.75) is 38.3 Å². The molecule has 2 unspecified atom stereocenters. The topological polar surface area (TPSA) is 54.6 Å². The lowest BCUT2D eigenvalue weighted by Gasteiger charge is -2.18. The summed E-state index contributed by atoms with van der Waals surface area (Å²) < 4.78 is 46.3. The van der Waals surface area contributed by atoms with Gasteiger partial charge in [0.25, 0.3) is 0 Å². The zero-order chi connectivity index (χ0) is 14.3. The SMILES string of the molecule is CC(CC(F)(F)F)NCC(O)COCc1ccco1. The summed E-state index contributed by atoms with van der Waals surface area (Å²) in [5.74, 6) is 0.630. The van der Waals surface area contributed by atoms with E-state index in [1.54, 1.807) is 12.1 Å². The number of alkyl halides is 3. The Morgan fingerprint density at radius 2 is 2.21 bits per heavy atom. The summed E-state index contributed by atoms with van der Waals surface area (Å²) in [7, 11) is 0. The Hall–Kier alpha value is -1.05. The second-order valence-electron chi connectivity index (χ2n) is 4.38. The van der Waals surface area contributed by atoms with E-state index >= 15 is 0 Å².